The Kier molecular flexibility index (Phi) is 5.40. The molecule has 21 heavy (non-hydrogen) atoms. The molecule has 0 spiro atoms. The van der Waals surface area contributed by atoms with Gasteiger partial charge in [-0.05, 0) is 70.6 Å². The number of nitrogens with two attached hydrogens (primary N) is 1. The molecule has 1 aromatic rings. The number of amides is 1. The first-order chi connectivity index (χ1) is 9.97. The van der Waals surface area contributed by atoms with Crippen LogP contribution in [0.1, 0.15) is 63.3 Å². The second-order valence-electron chi connectivity index (χ2n) is 6.67. The summed E-state index contributed by atoms with van der Waals surface area (Å²) >= 11 is 0. The molecule has 0 bridgehead atoms. The summed E-state index contributed by atoms with van der Waals surface area (Å²) in [6.07, 6.45) is 5.06. The molecule has 1 aliphatic carbocycles. The molecule has 3 nitrogen and oxygen atoms in total. The minimum absolute atomic E-state index is 0.0570. The summed E-state index contributed by atoms with van der Waals surface area (Å²) in [6, 6.07) is 7.32. The van der Waals surface area contributed by atoms with Gasteiger partial charge in [0.25, 0.3) is 5.91 Å². The number of benzene rings is 1. The highest BCUT2D eigenvalue weighted by Gasteiger charge is 2.21. The quantitative estimate of drug-likeness (QED) is 0.857. The minimum atomic E-state index is -0.0570. The monoisotopic (exact) mass is 289 g/mol. The van der Waals surface area contributed by atoms with Gasteiger partial charge in [0.2, 0.25) is 0 Å². The second-order valence-corrected chi connectivity index (χ2v) is 6.67. The molecule has 3 N–H and O–H groups in total. The molecule has 1 amide bonds. The van der Waals surface area contributed by atoms with Crippen LogP contribution in [-0.2, 0) is 17.6 Å². The average Bonchev–Trinajstić information content (AvgIpc) is 2.45. The highest BCUT2D eigenvalue weighted by Crippen LogP contribution is 2.23. The Hall–Kier alpha value is -1.35. The largest absolute Gasteiger partial charge is 0.349 e. The number of fused-ring (bicyclic) bond motifs is 1. The third-order valence-electron chi connectivity index (χ3n) is 4.32. The summed E-state index contributed by atoms with van der Waals surface area (Å²) in [4.78, 5) is 12.0. The molecule has 0 aliphatic heterocycles. The second kappa shape index (κ2) is 7.08. The molecule has 1 aromatic carbocycles. The highest BCUT2D eigenvalue weighted by molar-refractivity contribution is 5.80. The van der Waals surface area contributed by atoms with Gasteiger partial charge in [0.1, 0.15) is 6.04 Å². The molecule has 0 saturated carbocycles. The minimum Gasteiger partial charge on any atom is -0.349 e. The Morgan fingerprint density at radius 2 is 1.76 bits per heavy atom. The Bertz CT molecular complexity index is 496. The third-order valence-corrected chi connectivity index (χ3v) is 4.32. The van der Waals surface area contributed by atoms with Crippen LogP contribution in [-0.4, -0.2) is 18.0 Å². The highest BCUT2D eigenvalue weighted by atomic mass is 16.2. The Balaban J connectivity index is 1.99. The molecule has 2 rings (SSSR count). The normalized spacial score (nSPS) is 17.2. The van der Waals surface area contributed by atoms with Crippen LogP contribution in [0.3, 0.4) is 0 Å². The first-order valence-electron chi connectivity index (χ1n) is 8.24. The van der Waals surface area contributed by atoms with E-state index in [0.717, 1.165) is 0 Å². The first kappa shape index (κ1) is 16.0. The lowest BCUT2D eigenvalue weighted by molar-refractivity contribution is -0.710. The van der Waals surface area contributed by atoms with E-state index in [1.54, 1.807) is 0 Å². The summed E-state index contributed by atoms with van der Waals surface area (Å²) in [7, 11) is 0. The summed E-state index contributed by atoms with van der Waals surface area (Å²) in [6.45, 7) is 8.16. The van der Waals surface area contributed by atoms with Crippen molar-refractivity contribution in [2.75, 3.05) is 0 Å². The van der Waals surface area contributed by atoms with Crippen molar-refractivity contribution < 1.29 is 10.1 Å². The summed E-state index contributed by atoms with van der Waals surface area (Å²) in [5.41, 5.74) is 4.36. The van der Waals surface area contributed by atoms with Crippen molar-refractivity contribution in [1.82, 2.24) is 5.32 Å². The van der Waals surface area contributed by atoms with E-state index in [1.165, 1.54) is 42.4 Å². The SMILES string of the molecule is CC(C)NC(=O)[C@H](C)[NH2+][C@H](C)c1ccc2c(c1)CCCC2. The maximum absolute atomic E-state index is 12.0. The lowest BCUT2D eigenvalue weighted by Crippen LogP contribution is -2.92. The van der Waals surface area contributed by atoms with Gasteiger partial charge in [-0.25, -0.2) is 0 Å². The number of hydrogen-bond donors (Lipinski definition) is 2. The van der Waals surface area contributed by atoms with E-state index >= 15 is 0 Å². The topological polar surface area (TPSA) is 45.7 Å². The lowest BCUT2D eigenvalue weighted by atomic mass is 9.89. The molecule has 0 heterocycles. The average molecular weight is 289 g/mol. The van der Waals surface area contributed by atoms with Crippen LogP contribution in [0.2, 0.25) is 0 Å². The number of quaternary nitrogens is 1. The fraction of sp³-hybridized carbons (Fsp3) is 0.611. The van der Waals surface area contributed by atoms with Crippen LogP contribution in [0.15, 0.2) is 18.2 Å². The Morgan fingerprint density at radius 1 is 1.10 bits per heavy atom. The van der Waals surface area contributed by atoms with Gasteiger partial charge in [0, 0.05) is 11.6 Å². The van der Waals surface area contributed by atoms with Crippen LogP contribution < -0.4 is 10.6 Å². The number of aryl methyl sites for hydroxylation is 2. The maximum Gasteiger partial charge on any atom is 0.278 e. The molecule has 0 unspecified atom stereocenters. The van der Waals surface area contributed by atoms with Crippen LogP contribution in [0.25, 0.3) is 0 Å². The fourth-order valence-electron chi connectivity index (χ4n) is 3.08. The van der Waals surface area contributed by atoms with Gasteiger partial charge in [-0.3, -0.25) is 4.79 Å². The molecule has 2 atom stereocenters. The van der Waals surface area contributed by atoms with Gasteiger partial charge in [0.05, 0.1) is 0 Å². The van der Waals surface area contributed by atoms with Gasteiger partial charge >= 0.3 is 0 Å². The van der Waals surface area contributed by atoms with Gasteiger partial charge in [-0.1, -0.05) is 12.1 Å². The third kappa shape index (κ3) is 4.31. The van der Waals surface area contributed by atoms with Gasteiger partial charge < -0.3 is 10.6 Å². The van der Waals surface area contributed by atoms with Crippen LogP contribution in [0, 0.1) is 0 Å². The van der Waals surface area contributed by atoms with Crippen molar-refractivity contribution in [1.29, 1.82) is 0 Å². The van der Waals surface area contributed by atoms with Gasteiger partial charge in [-0.2, -0.15) is 0 Å². The van der Waals surface area contributed by atoms with Crippen molar-refractivity contribution in [2.45, 2.75) is 71.5 Å². The lowest BCUT2D eigenvalue weighted by Gasteiger charge is -2.21. The zero-order valence-corrected chi connectivity index (χ0v) is 13.8. The standard InChI is InChI=1S/C18H28N2O/c1-12(2)19-18(21)14(4)20-13(3)16-10-9-15-7-5-6-8-17(15)11-16/h9-14,20H,5-8H2,1-4H3,(H,19,21)/p+1/t13-,14+/m1/s1. The predicted octanol–water partition coefficient (Wildman–Crippen LogP) is 2.10. The zero-order chi connectivity index (χ0) is 15.4. The molecule has 0 aromatic heterocycles. The molecular weight excluding hydrogens is 260 g/mol. The van der Waals surface area contributed by atoms with Crippen LogP contribution in [0.5, 0.6) is 0 Å². The Labute approximate surface area is 128 Å². The number of carbonyl (C=O) groups is 1. The van der Waals surface area contributed by atoms with E-state index in [2.05, 4.69) is 35.8 Å². The van der Waals surface area contributed by atoms with Crippen molar-refractivity contribution in [3.63, 3.8) is 0 Å². The van der Waals surface area contributed by atoms with E-state index < -0.39 is 0 Å². The van der Waals surface area contributed by atoms with Gasteiger partial charge in [0.15, 0.2) is 6.04 Å². The Morgan fingerprint density at radius 3 is 2.43 bits per heavy atom. The van der Waals surface area contributed by atoms with E-state index in [4.69, 9.17) is 0 Å². The predicted molar refractivity (Wildman–Crippen MR) is 86.2 cm³/mol. The van der Waals surface area contributed by atoms with Crippen molar-refractivity contribution in [3.8, 4) is 0 Å². The molecule has 0 saturated heterocycles. The van der Waals surface area contributed by atoms with Crippen molar-refractivity contribution in [3.05, 3.63) is 34.9 Å². The number of rotatable bonds is 5. The molecule has 0 fully saturated rings. The summed E-state index contributed by atoms with van der Waals surface area (Å²) in [5.74, 6) is 0.120. The molecule has 0 radical (unpaired) electrons. The molecule has 1 aliphatic rings. The van der Waals surface area contributed by atoms with Crippen molar-refractivity contribution in [2.24, 2.45) is 0 Å². The van der Waals surface area contributed by atoms with E-state index in [-0.39, 0.29) is 18.0 Å². The number of nitrogens with one attached hydrogen (secondary N) is 1. The number of carbonyl (C=O) groups excluding carboxylic acids is 1. The zero-order valence-electron chi connectivity index (χ0n) is 13.8. The summed E-state index contributed by atoms with van der Waals surface area (Å²) < 4.78 is 0. The van der Waals surface area contributed by atoms with Gasteiger partial charge in [-0.15, -0.1) is 0 Å². The van der Waals surface area contributed by atoms with Crippen LogP contribution in [0.4, 0.5) is 0 Å². The summed E-state index contributed by atoms with van der Waals surface area (Å²) in [5, 5.41) is 5.13. The smallest absolute Gasteiger partial charge is 0.278 e. The molecular formula is C18H29N2O+. The van der Waals surface area contributed by atoms with Crippen molar-refractivity contribution >= 4 is 5.91 Å². The van der Waals surface area contributed by atoms with E-state index in [1.807, 2.05) is 20.8 Å². The van der Waals surface area contributed by atoms with E-state index in [9.17, 15) is 4.79 Å². The number of hydrogen-bond acceptors (Lipinski definition) is 1. The molecule has 116 valence electrons. The molecule has 3 heteroatoms. The fourth-order valence-corrected chi connectivity index (χ4v) is 3.08. The van der Waals surface area contributed by atoms with E-state index in [0.29, 0.717) is 6.04 Å². The first-order valence-corrected chi connectivity index (χ1v) is 8.24. The maximum atomic E-state index is 12.0. The van der Waals surface area contributed by atoms with Crippen LogP contribution >= 0.6 is 0 Å².